The third kappa shape index (κ3) is 2.63. The van der Waals surface area contributed by atoms with Crippen LogP contribution >= 0.6 is 0 Å². The van der Waals surface area contributed by atoms with Crippen LogP contribution in [0, 0.1) is 0 Å². The molecule has 0 spiro atoms. The molecule has 1 N–H and O–H groups in total. The summed E-state index contributed by atoms with van der Waals surface area (Å²) in [4.78, 5) is 15.0. The quantitative estimate of drug-likeness (QED) is 0.828. The van der Waals surface area contributed by atoms with Crippen LogP contribution in [0.4, 0.5) is 0 Å². The molecular formula is C10H13NO6. The maximum absolute atomic E-state index is 10.9. The number of nitrogens with zero attached hydrogens (tertiary/aromatic N) is 1. The van der Waals surface area contributed by atoms with Crippen molar-refractivity contribution in [1.82, 2.24) is 4.98 Å². The third-order valence-electron chi connectivity index (χ3n) is 2.28. The Bertz CT molecular complexity index is 396. The lowest BCUT2D eigenvalue weighted by atomic mass is 10.3. The predicted molar refractivity (Wildman–Crippen MR) is 53.7 cm³/mol. The molecule has 0 aromatic carbocycles. The first kappa shape index (κ1) is 12.0. The Morgan fingerprint density at radius 1 is 1.59 bits per heavy atom. The first-order valence-corrected chi connectivity index (χ1v) is 5.13. The van der Waals surface area contributed by atoms with Crippen LogP contribution in [0.3, 0.4) is 0 Å². The van der Waals surface area contributed by atoms with E-state index < -0.39 is 12.1 Å². The SMILES string of the molecule is COCc1nc(C2COCCO2)oc1C(=O)O. The van der Waals surface area contributed by atoms with Crippen LogP contribution in [0.5, 0.6) is 0 Å². The molecule has 7 heteroatoms. The Labute approximate surface area is 97.3 Å². The van der Waals surface area contributed by atoms with Gasteiger partial charge in [0.25, 0.3) is 0 Å². The minimum Gasteiger partial charge on any atom is -0.475 e. The smallest absolute Gasteiger partial charge is 0.373 e. The lowest BCUT2D eigenvalue weighted by Gasteiger charge is -2.19. The molecular weight excluding hydrogens is 230 g/mol. The van der Waals surface area contributed by atoms with Crippen molar-refractivity contribution in [3.8, 4) is 0 Å². The second kappa shape index (κ2) is 5.26. The van der Waals surface area contributed by atoms with Crippen molar-refractivity contribution in [1.29, 1.82) is 0 Å². The normalized spacial score (nSPS) is 20.4. The molecule has 1 saturated heterocycles. The van der Waals surface area contributed by atoms with E-state index in [9.17, 15) is 4.79 Å². The van der Waals surface area contributed by atoms with Crippen molar-refractivity contribution < 1.29 is 28.5 Å². The van der Waals surface area contributed by atoms with Gasteiger partial charge >= 0.3 is 5.97 Å². The average molecular weight is 243 g/mol. The van der Waals surface area contributed by atoms with Gasteiger partial charge in [0.05, 0.1) is 26.4 Å². The zero-order chi connectivity index (χ0) is 12.3. The predicted octanol–water partition coefficient (Wildman–Crippen LogP) is 0.607. The molecule has 1 fully saturated rings. The summed E-state index contributed by atoms with van der Waals surface area (Å²) in [6.07, 6.45) is -0.451. The number of hydrogen-bond acceptors (Lipinski definition) is 6. The molecule has 1 aromatic heterocycles. The van der Waals surface area contributed by atoms with Crippen LogP contribution in [0.25, 0.3) is 0 Å². The number of carboxylic acids is 1. The summed E-state index contributed by atoms with van der Waals surface area (Å²) in [6.45, 7) is 1.35. The summed E-state index contributed by atoms with van der Waals surface area (Å²) in [6, 6.07) is 0. The molecule has 1 unspecified atom stereocenters. The van der Waals surface area contributed by atoms with Crippen molar-refractivity contribution in [3.63, 3.8) is 0 Å². The molecule has 0 bridgehead atoms. The van der Waals surface area contributed by atoms with Crippen LogP contribution in [0.15, 0.2) is 4.42 Å². The van der Waals surface area contributed by atoms with Crippen LogP contribution in [-0.4, -0.2) is 43.0 Å². The Morgan fingerprint density at radius 2 is 2.41 bits per heavy atom. The van der Waals surface area contributed by atoms with Crippen molar-refractivity contribution in [2.45, 2.75) is 12.7 Å². The molecule has 17 heavy (non-hydrogen) atoms. The van der Waals surface area contributed by atoms with Crippen LogP contribution < -0.4 is 0 Å². The van der Waals surface area contributed by atoms with E-state index in [1.165, 1.54) is 7.11 Å². The van der Waals surface area contributed by atoms with E-state index in [1.807, 2.05) is 0 Å². The Balaban J connectivity index is 2.22. The second-order valence-corrected chi connectivity index (χ2v) is 3.50. The van der Waals surface area contributed by atoms with Gasteiger partial charge in [0, 0.05) is 7.11 Å². The van der Waals surface area contributed by atoms with E-state index in [0.29, 0.717) is 19.8 Å². The highest BCUT2D eigenvalue weighted by Gasteiger charge is 2.26. The van der Waals surface area contributed by atoms with E-state index in [4.69, 9.17) is 23.7 Å². The molecule has 2 rings (SSSR count). The number of oxazole rings is 1. The molecule has 1 aliphatic rings. The fraction of sp³-hybridized carbons (Fsp3) is 0.600. The van der Waals surface area contributed by atoms with Gasteiger partial charge in [-0.05, 0) is 0 Å². The Morgan fingerprint density at radius 3 is 3.00 bits per heavy atom. The number of aromatic carboxylic acids is 1. The number of carboxylic acid groups (broad SMARTS) is 1. The Hall–Kier alpha value is -1.44. The summed E-state index contributed by atoms with van der Waals surface area (Å²) in [5.41, 5.74) is 0.254. The van der Waals surface area contributed by atoms with Gasteiger partial charge in [-0.25, -0.2) is 9.78 Å². The Kier molecular flexibility index (Phi) is 3.72. The summed E-state index contributed by atoms with van der Waals surface area (Å²) < 4.78 is 20.6. The van der Waals surface area contributed by atoms with Crippen LogP contribution in [0.2, 0.25) is 0 Å². The topological polar surface area (TPSA) is 91.0 Å². The lowest BCUT2D eigenvalue weighted by molar-refractivity contribution is -0.0998. The number of ether oxygens (including phenoxy) is 3. The van der Waals surface area contributed by atoms with Gasteiger partial charge in [-0.1, -0.05) is 0 Å². The zero-order valence-electron chi connectivity index (χ0n) is 9.34. The summed E-state index contributed by atoms with van der Waals surface area (Å²) in [7, 11) is 1.46. The molecule has 0 amide bonds. The number of aromatic nitrogens is 1. The molecule has 0 radical (unpaired) electrons. The third-order valence-corrected chi connectivity index (χ3v) is 2.28. The standard InChI is InChI=1S/C10H13NO6/c1-14-4-6-8(10(12)13)17-9(11-6)7-5-15-2-3-16-7/h7H,2-5H2,1H3,(H,12,13). The largest absolute Gasteiger partial charge is 0.475 e. The van der Waals surface area contributed by atoms with E-state index in [-0.39, 0.29) is 24.0 Å². The molecule has 1 aromatic rings. The molecule has 0 saturated carbocycles. The van der Waals surface area contributed by atoms with E-state index in [1.54, 1.807) is 0 Å². The molecule has 1 aliphatic heterocycles. The highest BCUT2D eigenvalue weighted by Crippen LogP contribution is 2.23. The van der Waals surface area contributed by atoms with Crippen molar-refractivity contribution in [3.05, 3.63) is 17.3 Å². The molecule has 2 heterocycles. The molecule has 0 aliphatic carbocycles. The van der Waals surface area contributed by atoms with Gasteiger partial charge in [-0.3, -0.25) is 0 Å². The van der Waals surface area contributed by atoms with Crippen LogP contribution in [-0.2, 0) is 20.8 Å². The van der Waals surface area contributed by atoms with Gasteiger partial charge in [0.1, 0.15) is 5.69 Å². The second-order valence-electron chi connectivity index (χ2n) is 3.50. The number of hydrogen-bond donors (Lipinski definition) is 1. The first-order valence-electron chi connectivity index (χ1n) is 5.13. The molecule has 1 atom stereocenters. The highest BCUT2D eigenvalue weighted by atomic mass is 16.6. The van der Waals surface area contributed by atoms with Gasteiger partial charge in [-0.2, -0.15) is 0 Å². The number of rotatable bonds is 4. The van der Waals surface area contributed by atoms with E-state index in [2.05, 4.69) is 4.98 Å². The summed E-state index contributed by atoms with van der Waals surface area (Å²) in [5.74, 6) is -1.17. The van der Waals surface area contributed by atoms with Gasteiger partial charge in [-0.15, -0.1) is 0 Å². The lowest BCUT2D eigenvalue weighted by Crippen LogP contribution is -2.22. The zero-order valence-corrected chi connectivity index (χ0v) is 9.34. The monoisotopic (exact) mass is 243 g/mol. The number of methoxy groups -OCH3 is 1. The highest BCUT2D eigenvalue weighted by molar-refractivity contribution is 5.85. The fourth-order valence-corrected chi connectivity index (χ4v) is 1.54. The van der Waals surface area contributed by atoms with Crippen molar-refractivity contribution >= 4 is 5.97 Å². The first-order chi connectivity index (χ1) is 8.22. The van der Waals surface area contributed by atoms with Gasteiger partial charge in [0.2, 0.25) is 11.7 Å². The van der Waals surface area contributed by atoms with Crippen molar-refractivity contribution in [2.75, 3.05) is 26.9 Å². The van der Waals surface area contributed by atoms with Crippen LogP contribution in [0.1, 0.15) is 28.2 Å². The van der Waals surface area contributed by atoms with Gasteiger partial charge in [0.15, 0.2) is 6.10 Å². The van der Waals surface area contributed by atoms with Gasteiger partial charge < -0.3 is 23.7 Å². The van der Waals surface area contributed by atoms with E-state index >= 15 is 0 Å². The summed E-state index contributed by atoms with van der Waals surface area (Å²) >= 11 is 0. The van der Waals surface area contributed by atoms with E-state index in [0.717, 1.165) is 0 Å². The number of carbonyl (C=O) groups is 1. The maximum Gasteiger partial charge on any atom is 0.373 e. The fourth-order valence-electron chi connectivity index (χ4n) is 1.54. The summed E-state index contributed by atoms with van der Waals surface area (Å²) in [5, 5.41) is 8.94. The minimum atomic E-state index is -1.17. The molecule has 7 nitrogen and oxygen atoms in total. The maximum atomic E-state index is 10.9. The molecule has 94 valence electrons. The minimum absolute atomic E-state index is 0.0821. The average Bonchev–Trinajstić information content (AvgIpc) is 2.75. The van der Waals surface area contributed by atoms with Crippen molar-refractivity contribution in [2.24, 2.45) is 0 Å².